The van der Waals surface area contributed by atoms with Crippen LogP contribution in [0.1, 0.15) is 206 Å². The Kier molecular flexibility index (Phi) is 41.6. The van der Waals surface area contributed by atoms with Gasteiger partial charge < -0.3 is 34.5 Å². The fourth-order valence-electron chi connectivity index (χ4n) is 7.13. The van der Waals surface area contributed by atoms with E-state index in [0.717, 1.165) is 51.6 Å². The molecule has 0 spiro atoms. The van der Waals surface area contributed by atoms with Crippen LogP contribution >= 0.6 is 32.6 Å². The average molecular weight is 990 g/mol. The first-order valence-electron chi connectivity index (χ1n) is 25.3. The first-order valence-corrected chi connectivity index (χ1v) is 26.8. The van der Waals surface area contributed by atoms with Gasteiger partial charge in [-0.3, -0.25) is 28.2 Å². The molecule has 2 rings (SSSR count). The summed E-state index contributed by atoms with van der Waals surface area (Å²) in [5.74, 6) is -0.744. The van der Waals surface area contributed by atoms with Gasteiger partial charge in [0.15, 0.2) is 12.2 Å². The number of carbonyl (C=O) groups excluding carboxylic acids is 4. The predicted molar refractivity (Wildman–Crippen MR) is 260 cm³/mol. The van der Waals surface area contributed by atoms with Crippen molar-refractivity contribution in [1.29, 1.82) is 0 Å². The second-order valence-corrected chi connectivity index (χ2v) is 19.5. The van der Waals surface area contributed by atoms with Crippen LogP contribution in [0.15, 0.2) is 0 Å². The van der Waals surface area contributed by atoms with E-state index in [0.29, 0.717) is 37.8 Å². The highest BCUT2D eigenvalue weighted by molar-refractivity contribution is 7.47. The maximum Gasteiger partial charge on any atom is 0.472 e. The van der Waals surface area contributed by atoms with Crippen LogP contribution in [0, 0.1) is 11.8 Å². The highest BCUT2D eigenvalue weighted by Gasteiger charge is 2.29. The average Bonchev–Trinajstić information content (AvgIpc) is 4.21. The second-order valence-electron chi connectivity index (χ2n) is 18.0. The maximum absolute atomic E-state index is 13.1. The fraction of sp³-hybridized carbons (Fsp3) is 0.917. The zero-order chi connectivity index (χ0) is 45.6. The van der Waals surface area contributed by atoms with Crippen molar-refractivity contribution in [1.82, 2.24) is 10.6 Å². The molecule has 2 unspecified atom stereocenters. The quantitative estimate of drug-likeness (QED) is 0.0226. The number of hydrogen-bond donors (Lipinski definition) is 3. The maximum atomic E-state index is 13.1. The van der Waals surface area contributed by atoms with E-state index in [4.69, 9.17) is 28.0 Å². The van der Waals surface area contributed by atoms with E-state index in [1.54, 1.807) is 0 Å². The molecule has 3 atom stereocenters. The summed E-state index contributed by atoms with van der Waals surface area (Å²) in [7, 11) is -4.81. The van der Waals surface area contributed by atoms with Crippen LogP contribution in [0.5, 0.6) is 0 Å². The molecule has 2 saturated carbocycles. The third-order valence-electron chi connectivity index (χ3n) is 11.5. The van der Waals surface area contributed by atoms with E-state index in [9.17, 15) is 28.6 Å². The number of esters is 4. The summed E-state index contributed by atoms with van der Waals surface area (Å²) in [6.07, 6.45) is 28.2. The van der Waals surface area contributed by atoms with Crippen molar-refractivity contribution in [3.05, 3.63) is 0 Å². The van der Waals surface area contributed by atoms with Gasteiger partial charge in [-0.15, -0.1) is 24.8 Å². The summed E-state index contributed by atoms with van der Waals surface area (Å²) in [6.45, 7) is 5.07. The summed E-state index contributed by atoms with van der Waals surface area (Å²) < 4.78 is 45.4. The van der Waals surface area contributed by atoms with Crippen molar-refractivity contribution in [3.63, 3.8) is 0 Å². The Balaban J connectivity index is 0.0000205. The zero-order valence-electron chi connectivity index (χ0n) is 40.4. The number of ether oxygens (including phenoxy) is 4. The third-order valence-corrected chi connectivity index (χ3v) is 12.5. The fourth-order valence-corrected chi connectivity index (χ4v) is 7.92. The number of rotatable bonds is 46. The lowest BCUT2D eigenvalue weighted by Crippen LogP contribution is -2.32. The van der Waals surface area contributed by atoms with Crippen molar-refractivity contribution in [2.75, 3.05) is 52.6 Å². The molecule has 3 N–H and O–H groups in total. The van der Waals surface area contributed by atoms with Crippen molar-refractivity contribution >= 4 is 56.5 Å². The Bertz CT molecular complexity index is 1250. The van der Waals surface area contributed by atoms with Crippen LogP contribution in [-0.4, -0.2) is 93.6 Å². The lowest BCUT2D eigenvalue weighted by Gasteiger charge is -2.22. The largest absolute Gasteiger partial charge is 0.472 e. The molecule has 0 heterocycles. The van der Waals surface area contributed by atoms with Gasteiger partial charge in [0.1, 0.15) is 13.2 Å². The second kappa shape index (κ2) is 42.6. The predicted octanol–water partition coefficient (Wildman–Crippen LogP) is 11.1. The number of halogens is 2. The molecule has 14 nitrogen and oxygen atoms in total. The number of hydrogen-bond acceptors (Lipinski definition) is 13. The lowest BCUT2D eigenvalue weighted by molar-refractivity contribution is -0.162. The Labute approximate surface area is 405 Å². The van der Waals surface area contributed by atoms with Crippen LogP contribution in [0.4, 0.5) is 0 Å². The summed E-state index contributed by atoms with van der Waals surface area (Å²) in [4.78, 5) is 61.3. The van der Waals surface area contributed by atoms with Crippen LogP contribution in [0.25, 0.3) is 0 Å². The number of phosphoric ester groups is 1. The zero-order valence-corrected chi connectivity index (χ0v) is 42.9. The van der Waals surface area contributed by atoms with Gasteiger partial charge in [-0.05, 0) is 63.5 Å². The molecule has 0 amide bonds. The Hall–Kier alpha value is -1.51. The van der Waals surface area contributed by atoms with Gasteiger partial charge in [-0.1, -0.05) is 142 Å². The Morgan fingerprint density at radius 2 is 0.785 bits per heavy atom. The third kappa shape index (κ3) is 41.2. The molecule has 0 aromatic carbocycles. The van der Waals surface area contributed by atoms with Crippen molar-refractivity contribution in [2.45, 2.75) is 219 Å². The summed E-state index contributed by atoms with van der Waals surface area (Å²) in [5.41, 5.74) is 0. The summed E-state index contributed by atoms with van der Waals surface area (Å²) >= 11 is 0. The SMILES string of the molecule is CCCCCCCCCCCCCC(=O)OC[C@H](COP(=O)(O)OCC(COC(=O)CCNCC1CC1)OC(=O)CCNCC1CC1)OC(=O)CCCCCCCCCCCCC.Cl.Cl. The standard InChI is InChI=1S/C48H89N2O12P.2ClH/c1-3-5-7-9-11-13-15-17-19-21-23-25-45(51)57-37-43(61-47(53)26-24-22-20-18-16-14-12-10-8-6-4-2)39-59-63(55,56)60-40-44(62-48(54)32-34-50-36-42-29-30-42)38-58-46(52)31-33-49-35-41-27-28-41;;/h41-44,49-50H,3-40H2,1-2H3,(H,55,56);2*1H/t43-,44?;;/m1../s1. The van der Waals surface area contributed by atoms with Crippen LogP contribution in [0.2, 0.25) is 0 Å². The van der Waals surface area contributed by atoms with Gasteiger partial charge in [0.05, 0.1) is 26.1 Å². The molecule has 0 bridgehead atoms. The molecule has 2 fully saturated rings. The van der Waals surface area contributed by atoms with Crippen molar-refractivity contribution in [2.24, 2.45) is 11.8 Å². The highest BCUT2D eigenvalue weighted by Crippen LogP contribution is 2.43. The summed E-state index contributed by atoms with van der Waals surface area (Å²) in [6, 6.07) is 0. The van der Waals surface area contributed by atoms with Crippen LogP contribution in [0.3, 0.4) is 0 Å². The van der Waals surface area contributed by atoms with E-state index in [2.05, 4.69) is 24.5 Å². The first kappa shape index (κ1) is 63.5. The molecule has 2 aliphatic carbocycles. The smallest absolute Gasteiger partial charge is 0.462 e. The molecule has 0 aliphatic heterocycles. The van der Waals surface area contributed by atoms with Gasteiger partial charge in [-0.25, -0.2) is 4.57 Å². The molecule has 384 valence electrons. The summed E-state index contributed by atoms with van der Waals surface area (Å²) in [5, 5.41) is 6.44. The van der Waals surface area contributed by atoms with Gasteiger partial charge >= 0.3 is 31.7 Å². The lowest BCUT2D eigenvalue weighted by atomic mass is 10.1. The highest BCUT2D eigenvalue weighted by atomic mass is 35.5. The van der Waals surface area contributed by atoms with Crippen molar-refractivity contribution in [3.8, 4) is 0 Å². The van der Waals surface area contributed by atoms with Gasteiger partial charge in [0, 0.05) is 25.9 Å². The van der Waals surface area contributed by atoms with Gasteiger partial charge in [0.2, 0.25) is 0 Å². The monoisotopic (exact) mass is 989 g/mol. The minimum atomic E-state index is -4.81. The minimum Gasteiger partial charge on any atom is -0.462 e. The number of phosphoric acid groups is 1. The topological polar surface area (TPSA) is 185 Å². The normalized spacial score (nSPS) is 15.2. The van der Waals surface area contributed by atoms with E-state index >= 15 is 0 Å². The molecular weight excluding hydrogens is 898 g/mol. The van der Waals surface area contributed by atoms with Crippen LogP contribution < -0.4 is 10.6 Å². The Morgan fingerprint density at radius 1 is 0.477 bits per heavy atom. The minimum absolute atomic E-state index is 0. The molecule has 0 radical (unpaired) electrons. The van der Waals surface area contributed by atoms with E-state index in [1.807, 2.05) is 0 Å². The van der Waals surface area contributed by atoms with E-state index in [-0.39, 0.29) is 63.7 Å². The van der Waals surface area contributed by atoms with E-state index < -0.39 is 57.1 Å². The molecule has 2 aliphatic rings. The van der Waals surface area contributed by atoms with Crippen LogP contribution in [-0.2, 0) is 51.7 Å². The van der Waals surface area contributed by atoms with E-state index in [1.165, 1.54) is 116 Å². The molecule has 0 aromatic rings. The number of nitrogens with one attached hydrogen (secondary N) is 2. The molecule has 65 heavy (non-hydrogen) atoms. The molecular formula is C48H91Cl2N2O12P. The van der Waals surface area contributed by atoms with Gasteiger partial charge in [0.25, 0.3) is 0 Å². The van der Waals surface area contributed by atoms with Crippen molar-refractivity contribution < 1.29 is 56.6 Å². The Morgan fingerprint density at radius 3 is 1.15 bits per heavy atom. The molecule has 17 heteroatoms. The molecule has 0 aromatic heterocycles. The molecule has 0 saturated heterocycles. The first-order chi connectivity index (χ1) is 30.6. The number of carbonyl (C=O) groups is 4. The van der Waals surface area contributed by atoms with Gasteiger partial charge in [-0.2, -0.15) is 0 Å². The number of unbranched alkanes of at least 4 members (excludes halogenated alkanes) is 20.